The van der Waals surface area contributed by atoms with Gasteiger partial charge in [0.2, 0.25) is 0 Å². The number of aliphatic carboxylic acids is 3. The van der Waals surface area contributed by atoms with Crippen molar-refractivity contribution in [2.75, 3.05) is 26.2 Å². The molecule has 0 amide bonds. The van der Waals surface area contributed by atoms with Crippen LogP contribution in [0.5, 0.6) is 0 Å². The van der Waals surface area contributed by atoms with E-state index in [1.807, 2.05) is 20.8 Å². The van der Waals surface area contributed by atoms with E-state index in [4.69, 9.17) is 0 Å². The molecule has 36 heavy (non-hydrogen) atoms. The van der Waals surface area contributed by atoms with Crippen molar-refractivity contribution in [2.45, 2.75) is 111 Å². The Morgan fingerprint density at radius 2 is 0.944 bits per heavy atom. The Labute approximate surface area is 219 Å². The third kappa shape index (κ3) is 14.6. The third-order valence-electron chi connectivity index (χ3n) is 7.49. The van der Waals surface area contributed by atoms with Gasteiger partial charge in [0.05, 0.1) is 26.2 Å². The van der Waals surface area contributed by atoms with E-state index in [0.29, 0.717) is 25.8 Å². The smallest absolute Gasteiger partial charge is 0.312 e. The van der Waals surface area contributed by atoms with E-state index in [-0.39, 0.29) is 24.1 Å². The molecular weight excluding hydrogens is 458 g/mol. The first-order chi connectivity index (χ1) is 17.2. The highest BCUT2D eigenvalue weighted by Crippen LogP contribution is 2.25. The fraction of sp³-hybridized carbons (Fsp3) is 0.828. The predicted molar refractivity (Wildman–Crippen MR) is 145 cm³/mol. The molecule has 0 aliphatic carbocycles. The van der Waals surface area contributed by atoms with Crippen LogP contribution in [0.2, 0.25) is 0 Å². The Hall–Kier alpha value is -1.89. The van der Waals surface area contributed by atoms with E-state index in [1.54, 1.807) is 0 Å². The minimum atomic E-state index is -0.902. The average Bonchev–Trinajstić information content (AvgIpc) is 2.84. The van der Waals surface area contributed by atoms with Gasteiger partial charge in [0.15, 0.2) is 0 Å². The van der Waals surface area contributed by atoms with Gasteiger partial charge in [-0.3, -0.25) is 14.4 Å². The second-order valence-corrected chi connectivity index (χ2v) is 10.5. The van der Waals surface area contributed by atoms with Gasteiger partial charge in [0.1, 0.15) is 17.8 Å². The van der Waals surface area contributed by atoms with E-state index in [1.165, 1.54) is 44.9 Å². The molecule has 210 valence electrons. The summed E-state index contributed by atoms with van der Waals surface area (Å²) in [5, 5.41) is 29.3. The molecule has 3 atom stereocenters. The van der Waals surface area contributed by atoms with Crippen LogP contribution in [0.3, 0.4) is 0 Å². The highest BCUT2D eigenvalue weighted by atomic mass is 16.4. The van der Waals surface area contributed by atoms with Crippen molar-refractivity contribution in [3.63, 3.8) is 0 Å². The molecule has 0 saturated carbocycles. The molecule has 0 fully saturated rings. The molecule has 7 nitrogen and oxygen atoms in total. The number of carboxylic acids is 3. The normalized spacial score (nSPS) is 15.9. The van der Waals surface area contributed by atoms with Crippen molar-refractivity contribution < 1.29 is 34.2 Å². The Morgan fingerprint density at radius 3 is 1.31 bits per heavy atom. The first kappa shape index (κ1) is 34.1. The van der Waals surface area contributed by atoms with Crippen LogP contribution in [-0.2, 0) is 14.4 Å². The topological polar surface area (TPSA) is 112 Å². The minimum Gasteiger partial charge on any atom is -0.481 e. The van der Waals surface area contributed by atoms with Crippen LogP contribution in [0, 0.1) is 17.8 Å². The molecule has 0 bridgehead atoms. The summed E-state index contributed by atoms with van der Waals surface area (Å²) >= 11 is 0. The number of carbonyl (C=O) groups is 3. The molecule has 3 unspecified atom stereocenters. The maximum Gasteiger partial charge on any atom is 0.312 e. The van der Waals surface area contributed by atoms with Crippen molar-refractivity contribution in [3.05, 3.63) is 12.2 Å². The van der Waals surface area contributed by atoms with Crippen LogP contribution in [0.1, 0.15) is 111 Å². The van der Waals surface area contributed by atoms with Gasteiger partial charge in [-0.2, -0.15) is 0 Å². The summed E-state index contributed by atoms with van der Waals surface area (Å²) in [7, 11) is 0. The molecule has 3 N–H and O–H groups in total. The van der Waals surface area contributed by atoms with Gasteiger partial charge in [-0.05, 0) is 38.5 Å². The van der Waals surface area contributed by atoms with Crippen molar-refractivity contribution in [2.24, 2.45) is 17.8 Å². The van der Waals surface area contributed by atoms with E-state index in [2.05, 4.69) is 19.1 Å². The number of hydrogen-bond acceptors (Lipinski definition) is 3. The molecule has 7 heteroatoms. The van der Waals surface area contributed by atoms with Crippen molar-refractivity contribution >= 4 is 17.9 Å². The number of unbranched alkanes of at least 4 members (excludes halogenated alkanes) is 8. The van der Waals surface area contributed by atoms with Crippen LogP contribution in [0.25, 0.3) is 0 Å². The van der Waals surface area contributed by atoms with Crippen molar-refractivity contribution in [1.29, 1.82) is 0 Å². The van der Waals surface area contributed by atoms with Crippen molar-refractivity contribution in [1.82, 2.24) is 0 Å². The Morgan fingerprint density at radius 1 is 0.583 bits per heavy atom. The van der Waals surface area contributed by atoms with Crippen LogP contribution >= 0.6 is 0 Å². The average molecular weight is 513 g/mol. The zero-order valence-electron chi connectivity index (χ0n) is 23.4. The summed E-state index contributed by atoms with van der Waals surface area (Å²) in [5.74, 6) is -4.59. The van der Waals surface area contributed by atoms with Crippen LogP contribution in [-0.4, -0.2) is 63.9 Å². The number of carboxylic acid groups (broad SMARTS) is 3. The fourth-order valence-corrected chi connectivity index (χ4v) is 5.04. The molecule has 0 saturated heterocycles. The summed E-state index contributed by atoms with van der Waals surface area (Å²) in [5.41, 5.74) is 0. The van der Waals surface area contributed by atoms with Gasteiger partial charge >= 0.3 is 17.9 Å². The molecule has 0 radical (unpaired) electrons. The minimum absolute atomic E-state index is 0.228. The van der Waals surface area contributed by atoms with Gasteiger partial charge < -0.3 is 19.8 Å². The summed E-state index contributed by atoms with van der Waals surface area (Å²) in [6.45, 7) is 9.07. The Bertz CT molecular complexity index is 588. The lowest BCUT2D eigenvalue weighted by Crippen LogP contribution is -2.58. The third-order valence-corrected chi connectivity index (χ3v) is 7.49. The van der Waals surface area contributed by atoms with E-state index in [0.717, 1.165) is 19.3 Å². The van der Waals surface area contributed by atoms with Gasteiger partial charge in [-0.25, -0.2) is 0 Å². The van der Waals surface area contributed by atoms with Gasteiger partial charge in [0, 0.05) is 6.42 Å². The molecule has 0 aromatic heterocycles. The largest absolute Gasteiger partial charge is 0.481 e. The van der Waals surface area contributed by atoms with Crippen LogP contribution in [0.15, 0.2) is 12.2 Å². The Balaban J connectivity index is 5.33. The number of rotatable bonds is 24. The van der Waals surface area contributed by atoms with Crippen molar-refractivity contribution in [3.8, 4) is 0 Å². The Kier molecular flexibility index (Phi) is 19.1. The van der Waals surface area contributed by atoms with Gasteiger partial charge in [-0.15, -0.1) is 0 Å². The maximum atomic E-state index is 11.9. The number of nitrogens with zero attached hydrogens (tertiary/aromatic N) is 1. The predicted octanol–water partition coefficient (Wildman–Crippen LogP) is 6.61. The lowest BCUT2D eigenvalue weighted by molar-refractivity contribution is -0.935. The van der Waals surface area contributed by atoms with Crippen LogP contribution < -0.4 is 0 Å². The van der Waals surface area contributed by atoms with Crippen LogP contribution in [0.4, 0.5) is 0 Å². The summed E-state index contributed by atoms with van der Waals surface area (Å²) in [6.07, 6.45) is 17.3. The monoisotopic (exact) mass is 512 g/mol. The lowest BCUT2D eigenvalue weighted by atomic mass is 9.95. The summed E-state index contributed by atoms with van der Waals surface area (Å²) in [4.78, 5) is 35.7. The summed E-state index contributed by atoms with van der Waals surface area (Å²) in [6, 6.07) is 0. The quantitative estimate of drug-likeness (QED) is 0.0762. The van der Waals surface area contributed by atoms with E-state index < -0.39 is 35.7 Å². The summed E-state index contributed by atoms with van der Waals surface area (Å²) < 4.78 is 0.228. The first-order valence-electron chi connectivity index (χ1n) is 14.3. The highest BCUT2D eigenvalue weighted by Gasteiger charge is 2.40. The second kappa shape index (κ2) is 20.2. The van der Waals surface area contributed by atoms with Gasteiger partial charge in [0.25, 0.3) is 0 Å². The molecule has 0 heterocycles. The van der Waals surface area contributed by atoms with Gasteiger partial charge in [-0.1, -0.05) is 78.4 Å². The molecule has 0 aliphatic heterocycles. The molecule has 0 aliphatic rings. The molecule has 0 aromatic carbocycles. The highest BCUT2D eigenvalue weighted by molar-refractivity contribution is 5.71. The first-order valence-corrected chi connectivity index (χ1v) is 14.3. The second-order valence-electron chi connectivity index (χ2n) is 10.5. The fourth-order valence-electron chi connectivity index (χ4n) is 5.04. The number of hydrogen-bond donors (Lipinski definition) is 3. The molecule has 0 spiro atoms. The number of allylic oxidation sites excluding steroid dienone is 2. The maximum absolute atomic E-state index is 11.9. The molecular formula is C29H54NO6+. The standard InChI is InChI=1S/C29H53NO6/c1-5-9-10-11-12-13-14-15-16-17-18-19-20-30(21-24(6-2)27(31)32,22-25(7-3)28(33)34)23-26(8-4)29(35)36/h16-17,24-26H,5-15,18-23H2,1-4H3,(H2-,31,32,33,34,35,36)/p+1/b17-16+. The van der Waals surface area contributed by atoms with E-state index in [9.17, 15) is 29.7 Å². The SMILES string of the molecule is CCCCCCCCC/C=C/CCC[N+](CC(CC)C(=O)O)(CC(CC)C(=O)O)CC(CC)C(=O)O. The van der Waals surface area contributed by atoms with E-state index >= 15 is 0 Å². The number of quaternary nitrogens is 1. The lowest BCUT2D eigenvalue weighted by Gasteiger charge is -2.43. The molecule has 0 aromatic rings. The zero-order chi connectivity index (χ0) is 27.4. The molecule has 0 rings (SSSR count). The zero-order valence-corrected chi connectivity index (χ0v) is 23.4.